The lowest BCUT2D eigenvalue weighted by Gasteiger charge is -2.11. The third-order valence-electron chi connectivity index (χ3n) is 2.72. The number of thioether (sulfide) groups is 1. The molecule has 0 fully saturated rings. The highest BCUT2D eigenvalue weighted by Crippen LogP contribution is 2.20. The highest BCUT2D eigenvalue weighted by molar-refractivity contribution is 8.00. The Morgan fingerprint density at radius 3 is 2.75 bits per heavy atom. The van der Waals surface area contributed by atoms with E-state index in [-0.39, 0.29) is 23.5 Å². The summed E-state index contributed by atoms with van der Waals surface area (Å²) in [6.07, 6.45) is 1.69. The molecule has 0 saturated heterocycles. The standard InChI is InChI=1S/C15H15FN2OS/c1-11(20-14-8-4-5-9-17-14)15(19)18-10-12-6-2-3-7-13(12)16/h2-9,11H,10H2,1H3,(H,18,19). The topological polar surface area (TPSA) is 42.0 Å². The lowest BCUT2D eigenvalue weighted by atomic mass is 10.2. The van der Waals surface area contributed by atoms with Gasteiger partial charge in [-0.25, -0.2) is 9.37 Å². The van der Waals surface area contributed by atoms with Crippen molar-refractivity contribution in [3.63, 3.8) is 0 Å². The molecule has 0 aliphatic rings. The smallest absolute Gasteiger partial charge is 0.233 e. The van der Waals surface area contributed by atoms with Crippen LogP contribution in [-0.2, 0) is 11.3 Å². The molecule has 0 spiro atoms. The maximum Gasteiger partial charge on any atom is 0.233 e. The molecule has 2 rings (SSSR count). The van der Waals surface area contributed by atoms with E-state index in [2.05, 4.69) is 10.3 Å². The number of hydrogen-bond donors (Lipinski definition) is 1. The number of carbonyl (C=O) groups excluding carboxylic acids is 1. The summed E-state index contributed by atoms with van der Waals surface area (Å²) in [5.74, 6) is -0.443. The van der Waals surface area contributed by atoms with Gasteiger partial charge in [0, 0.05) is 18.3 Å². The van der Waals surface area contributed by atoms with Crippen molar-refractivity contribution in [3.05, 3.63) is 60.0 Å². The van der Waals surface area contributed by atoms with Gasteiger partial charge in [0.25, 0.3) is 0 Å². The molecule has 2 aromatic rings. The predicted octanol–water partition coefficient (Wildman–Crippen LogP) is 3.02. The molecule has 0 bridgehead atoms. The zero-order valence-electron chi connectivity index (χ0n) is 11.0. The van der Waals surface area contributed by atoms with Crippen molar-refractivity contribution in [2.75, 3.05) is 0 Å². The first-order valence-corrected chi connectivity index (χ1v) is 7.13. The van der Waals surface area contributed by atoms with Crippen molar-refractivity contribution in [2.24, 2.45) is 0 Å². The fourth-order valence-corrected chi connectivity index (χ4v) is 2.45. The van der Waals surface area contributed by atoms with Crippen LogP contribution in [0.25, 0.3) is 0 Å². The van der Waals surface area contributed by atoms with Gasteiger partial charge in [0.1, 0.15) is 5.82 Å². The van der Waals surface area contributed by atoms with Crippen LogP contribution < -0.4 is 5.32 Å². The van der Waals surface area contributed by atoms with E-state index in [4.69, 9.17) is 0 Å². The third kappa shape index (κ3) is 4.06. The molecular formula is C15H15FN2OS. The Balaban J connectivity index is 1.87. The number of benzene rings is 1. The first-order chi connectivity index (χ1) is 9.66. The van der Waals surface area contributed by atoms with E-state index in [9.17, 15) is 9.18 Å². The summed E-state index contributed by atoms with van der Waals surface area (Å²) in [6, 6.07) is 12.0. The van der Waals surface area contributed by atoms with E-state index in [1.807, 2.05) is 18.2 Å². The second-order valence-corrected chi connectivity index (χ2v) is 5.60. The molecule has 1 aromatic heterocycles. The highest BCUT2D eigenvalue weighted by atomic mass is 32.2. The first-order valence-electron chi connectivity index (χ1n) is 6.25. The zero-order valence-corrected chi connectivity index (χ0v) is 11.9. The highest BCUT2D eigenvalue weighted by Gasteiger charge is 2.15. The van der Waals surface area contributed by atoms with E-state index in [0.717, 1.165) is 5.03 Å². The molecule has 1 unspecified atom stereocenters. The van der Waals surface area contributed by atoms with Gasteiger partial charge in [0.15, 0.2) is 0 Å². The van der Waals surface area contributed by atoms with Crippen LogP contribution in [0.2, 0.25) is 0 Å². The molecule has 1 N–H and O–H groups in total. The van der Waals surface area contributed by atoms with E-state index >= 15 is 0 Å². The third-order valence-corrected chi connectivity index (χ3v) is 3.77. The van der Waals surface area contributed by atoms with Crippen LogP contribution in [0.15, 0.2) is 53.7 Å². The van der Waals surface area contributed by atoms with Gasteiger partial charge in [0.2, 0.25) is 5.91 Å². The number of nitrogens with one attached hydrogen (secondary N) is 1. The number of hydrogen-bond acceptors (Lipinski definition) is 3. The number of carbonyl (C=O) groups is 1. The summed E-state index contributed by atoms with van der Waals surface area (Å²) in [5.41, 5.74) is 0.482. The van der Waals surface area contributed by atoms with Crippen molar-refractivity contribution in [3.8, 4) is 0 Å². The summed E-state index contributed by atoms with van der Waals surface area (Å²) >= 11 is 1.37. The Hall–Kier alpha value is -1.88. The maximum atomic E-state index is 13.4. The fourth-order valence-electron chi connectivity index (χ4n) is 1.62. The van der Waals surface area contributed by atoms with Gasteiger partial charge in [-0.2, -0.15) is 0 Å². The van der Waals surface area contributed by atoms with Crippen molar-refractivity contribution in [2.45, 2.75) is 23.7 Å². The molecule has 5 heteroatoms. The molecule has 0 aliphatic carbocycles. The lowest BCUT2D eigenvalue weighted by Crippen LogP contribution is -2.30. The summed E-state index contributed by atoms with van der Waals surface area (Å²) in [5, 5.41) is 3.24. The molecule has 3 nitrogen and oxygen atoms in total. The number of halogens is 1. The van der Waals surface area contributed by atoms with Gasteiger partial charge in [-0.1, -0.05) is 36.0 Å². The van der Waals surface area contributed by atoms with Gasteiger partial charge in [-0.15, -0.1) is 0 Å². The van der Waals surface area contributed by atoms with Crippen molar-refractivity contribution < 1.29 is 9.18 Å². The molecular weight excluding hydrogens is 275 g/mol. The van der Waals surface area contributed by atoms with Crippen LogP contribution in [0, 0.1) is 5.82 Å². The molecule has 104 valence electrons. The summed E-state index contributed by atoms with van der Waals surface area (Å²) in [6.45, 7) is 1.99. The van der Waals surface area contributed by atoms with E-state index in [1.54, 1.807) is 31.3 Å². The minimum atomic E-state index is -0.308. The van der Waals surface area contributed by atoms with Gasteiger partial charge >= 0.3 is 0 Å². The van der Waals surface area contributed by atoms with Crippen LogP contribution in [-0.4, -0.2) is 16.1 Å². The Labute approximate surface area is 121 Å². The normalized spacial score (nSPS) is 11.9. The largest absolute Gasteiger partial charge is 0.351 e. The van der Waals surface area contributed by atoms with E-state index in [1.165, 1.54) is 17.8 Å². The number of rotatable bonds is 5. The fraction of sp³-hybridized carbons (Fsp3) is 0.200. The molecule has 1 aromatic carbocycles. The van der Waals surface area contributed by atoms with Gasteiger partial charge in [-0.05, 0) is 25.1 Å². The zero-order chi connectivity index (χ0) is 14.4. The van der Waals surface area contributed by atoms with Gasteiger partial charge in [-0.3, -0.25) is 4.79 Å². The molecule has 1 heterocycles. The second-order valence-electron chi connectivity index (χ2n) is 4.24. The number of amides is 1. The average Bonchev–Trinajstić information content (AvgIpc) is 2.47. The molecule has 20 heavy (non-hydrogen) atoms. The monoisotopic (exact) mass is 290 g/mol. The quantitative estimate of drug-likeness (QED) is 0.861. The second kappa shape index (κ2) is 7.05. The molecule has 1 amide bonds. The van der Waals surface area contributed by atoms with E-state index in [0.29, 0.717) is 5.56 Å². The SMILES string of the molecule is CC(Sc1ccccn1)C(=O)NCc1ccccc1F. The van der Waals surface area contributed by atoms with Crippen LogP contribution in [0.1, 0.15) is 12.5 Å². The Bertz CT molecular complexity index is 577. The Morgan fingerprint density at radius 1 is 1.30 bits per heavy atom. The molecule has 1 atom stereocenters. The maximum absolute atomic E-state index is 13.4. The number of aromatic nitrogens is 1. The van der Waals surface area contributed by atoms with Crippen molar-refractivity contribution in [1.82, 2.24) is 10.3 Å². The minimum absolute atomic E-state index is 0.135. The summed E-state index contributed by atoms with van der Waals surface area (Å²) < 4.78 is 13.4. The molecule has 0 radical (unpaired) electrons. The van der Waals surface area contributed by atoms with Gasteiger partial charge < -0.3 is 5.32 Å². The average molecular weight is 290 g/mol. The van der Waals surface area contributed by atoms with Crippen LogP contribution >= 0.6 is 11.8 Å². The predicted molar refractivity (Wildman–Crippen MR) is 77.8 cm³/mol. The Kier molecular flexibility index (Phi) is 5.12. The van der Waals surface area contributed by atoms with Crippen LogP contribution in [0.5, 0.6) is 0 Å². The lowest BCUT2D eigenvalue weighted by molar-refractivity contribution is -0.120. The molecule has 0 saturated carbocycles. The van der Waals surface area contributed by atoms with Crippen LogP contribution in [0.3, 0.4) is 0 Å². The number of pyridine rings is 1. The minimum Gasteiger partial charge on any atom is -0.351 e. The Morgan fingerprint density at radius 2 is 2.05 bits per heavy atom. The summed E-state index contributed by atoms with van der Waals surface area (Å²) in [7, 11) is 0. The molecule has 0 aliphatic heterocycles. The van der Waals surface area contributed by atoms with Crippen molar-refractivity contribution >= 4 is 17.7 Å². The van der Waals surface area contributed by atoms with Crippen molar-refractivity contribution in [1.29, 1.82) is 0 Å². The number of nitrogens with zero attached hydrogens (tertiary/aromatic N) is 1. The van der Waals surface area contributed by atoms with E-state index < -0.39 is 0 Å². The summed E-state index contributed by atoms with van der Waals surface area (Å²) in [4.78, 5) is 16.1. The van der Waals surface area contributed by atoms with Crippen LogP contribution in [0.4, 0.5) is 4.39 Å². The first kappa shape index (κ1) is 14.5. The van der Waals surface area contributed by atoms with Gasteiger partial charge in [0.05, 0.1) is 10.3 Å².